The fourth-order valence-electron chi connectivity index (χ4n) is 3.87. The van der Waals surface area contributed by atoms with Crippen LogP contribution in [0.1, 0.15) is 18.0 Å². The van der Waals surface area contributed by atoms with Crippen molar-refractivity contribution in [1.82, 2.24) is 19.3 Å². The fourth-order valence-corrected chi connectivity index (χ4v) is 5.00. The molecule has 1 aliphatic heterocycles. The van der Waals surface area contributed by atoms with Crippen LogP contribution in [0.25, 0.3) is 16.7 Å². The van der Waals surface area contributed by atoms with E-state index >= 15 is 0 Å². The van der Waals surface area contributed by atoms with Crippen LogP contribution in [0, 0.1) is 6.92 Å². The van der Waals surface area contributed by atoms with Crippen LogP contribution in [0.5, 0.6) is 5.75 Å². The Morgan fingerprint density at radius 1 is 1.25 bits per heavy atom. The SMILES string of the molecule is COc1ccc(C)cc1NC(=O)CC1CSc2nc3c(cnn3-c3ccccc3)c(=O)n21. The highest BCUT2D eigenvalue weighted by atomic mass is 32.2. The zero-order valence-electron chi connectivity index (χ0n) is 17.6. The van der Waals surface area contributed by atoms with E-state index in [1.54, 1.807) is 22.6 Å². The fraction of sp³-hybridized carbons (Fsp3) is 0.217. The second kappa shape index (κ2) is 8.16. The first-order chi connectivity index (χ1) is 15.5. The Balaban J connectivity index is 1.44. The van der Waals surface area contributed by atoms with Crippen LogP contribution in [0.15, 0.2) is 64.7 Å². The maximum absolute atomic E-state index is 13.3. The van der Waals surface area contributed by atoms with Crippen LogP contribution in [-0.4, -0.2) is 38.1 Å². The number of fused-ring (bicyclic) bond motifs is 2. The van der Waals surface area contributed by atoms with Crippen molar-refractivity contribution in [1.29, 1.82) is 0 Å². The lowest BCUT2D eigenvalue weighted by atomic mass is 10.2. The summed E-state index contributed by atoms with van der Waals surface area (Å²) in [7, 11) is 1.57. The number of aryl methyl sites for hydroxylation is 1. The van der Waals surface area contributed by atoms with Gasteiger partial charge in [-0.25, -0.2) is 9.67 Å². The highest BCUT2D eigenvalue weighted by molar-refractivity contribution is 7.99. The van der Waals surface area contributed by atoms with Gasteiger partial charge in [0, 0.05) is 12.2 Å². The van der Waals surface area contributed by atoms with Gasteiger partial charge in [0.25, 0.3) is 5.56 Å². The van der Waals surface area contributed by atoms with E-state index in [9.17, 15) is 9.59 Å². The minimum absolute atomic E-state index is 0.164. The smallest absolute Gasteiger partial charge is 0.265 e. The van der Waals surface area contributed by atoms with Gasteiger partial charge in [0.1, 0.15) is 11.1 Å². The molecule has 0 bridgehead atoms. The van der Waals surface area contributed by atoms with E-state index in [0.717, 1.165) is 11.3 Å². The molecular formula is C23H21N5O3S. The third-order valence-electron chi connectivity index (χ3n) is 5.42. The largest absolute Gasteiger partial charge is 0.495 e. The lowest BCUT2D eigenvalue weighted by Gasteiger charge is -2.15. The van der Waals surface area contributed by atoms with E-state index in [-0.39, 0.29) is 23.9 Å². The van der Waals surface area contributed by atoms with E-state index < -0.39 is 0 Å². The van der Waals surface area contributed by atoms with Crippen LogP contribution in [0.4, 0.5) is 5.69 Å². The molecule has 9 heteroatoms. The molecule has 5 rings (SSSR count). The zero-order valence-corrected chi connectivity index (χ0v) is 18.4. The zero-order chi connectivity index (χ0) is 22.2. The number of benzene rings is 2. The number of para-hydroxylation sites is 1. The molecule has 3 heterocycles. The molecule has 0 radical (unpaired) electrons. The highest BCUT2D eigenvalue weighted by Gasteiger charge is 2.29. The Labute approximate surface area is 188 Å². The van der Waals surface area contributed by atoms with Crippen molar-refractivity contribution in [3.63, 3.8) is 0 Å². The summed E-state index contributed by atoms with van der Waals surface area (Å²) >= 11 is 1.48. The molecule has 0 spiro atoms. The number of nitrogens with one attached hydrogen (secondary N) is 1. The Kier molecular flexibility index (Phi) is 5.18. The second-order valence-corrected chi connectivity index (χ2v) is 8.61. The Morgan fingerprint density at radius 2 is 2.06 bits per heavy atom. The van der Waals surface area contributed by atoms with Crippen molar-refractivity contribution in [3.8, 4) is 11.4 Å². The lowest BCUT2D eigenvalue weighted by molar-refractivity contribution is -0.116. The minimum Gasteiger partial charge on any atom is -0.495 e. The number of ether oxygens (including phenoxy) is 1. The number of carbonyl (C=O) groups is 1. The molecule has 0 saturated heterocycles. The Bertz CT molecular complexity index is 1380. The van der Waals surface area contributed by atoms with Crippen LogP contribution in [0.3, 0.4) is 0 Å². The topological polar surface area (TPSA) is 91.0 Å². The third-order valence-corrected chi connectivity index (χ3v) is 6.52. The van der Waals surface area contributed by atoms with Gasteiger partial charge in [0.15, 0.2) is 10.8 Å². The second-order valence-electron chi connectivity index (χ2n) is 7.62. The molecule has 2 aromatic heterocycles. The average Bonchev–Trinajstić information content (AvgIpc) is 3.39. The summed E-state index contributed by atoms with van der Waals surface area (Å²) in [6.07, 6.45) is 1.71. The van der Waals surface area contributed by atoms with Gasteiger partial charge in [-0.2, -0.15) is 5.10 Å². The van der Waals surface area contributed by atoms with Gasteiger partial charge in [0.2, 0.25) is 5.91 Å². The van der Waals surface area contributed by atoms with Crippen molar-refractivity contribution < 1.29 is 9.53 Å². The number of nitrogens with zero attached hydrogens (tertiary/aromatic N) is 4. The molecule has 32 heavy (non-hydrogen) atoms. The molecule has 0 saturated carbocycles. The number of amides is 1. The van der Waals surface area contributed by atoms with Gasteiger partial charge in [-0.15, -0.1) is 0 Å². The molecular weight excluding hydrogens is 426 g/mol. The summed E-state index contributed by atoms with van der Waals surface area (Å²) in [4.78, 5) is 30.8. The van der Waals surface area contributed by atoms with Crippen molar-refractivity contribution in [2.24, 2.45) is 0 Å². The first kappa shape index (κ1) is 20.3. The van der Waals surface area contributed by atoms with Crippen molar-refractivity contribution in [3.05, 3.63) is 70.6 Å². The van der Waals surface area contributed by atoms with Crippen molar-refractivity contribution >= 4 is 34.4 Å². The van der Waals surface area contributed by atoms with E-state index in [2.05, 4.69) is 10.4 Å². The number of aromatic nitrogens is 4. The summed E-state index contributed by atoms with van der Waals surface area (Å²) in [5.41, 5.74) is 2.82. The average molecular weight is 448 g/mol. The molecule has 1 aliphatic rings. The number of thioether (sulfide) groups is 1. The summed E-state index contributed by atoms with van der Waals surface area (Å²) in [6, 6.07) is 14.9. The van der Waals surface area contributed by atoms with Crippen molar-refractivity contribution in [2.45, 2.75) is 24.5 Å². The summed E-state index contributed by atoms with van der Waals surface area (Å²) in [6.45, 7) is 1.95. The quantitative estimate of drug-likeness (QED) is 0.470. The lowest BCUT2D eigenvalue weighted by Crippen LogP contribution is -2.27. The van der Waals surface area contributed by atoms with E-state index in [4.69, 9.17) is 9.72 Å². The number of anilines is 1. The molecule has 1 atom stereocenters. The molecule has 4 aromatic rings. The highest BCUT2D eigenvalue weighted by Crippen LogP contribution is 2.34. The van der Waals surface area contributed by atoms with Crippen LogP contribution < -0.4 is 15.6 Å². The summed E-state index contributed by atoms with van der Waals surface area (Å²) < 4.78 is 8.63. The number of rotatable bonds is 5. The standard InChI is InChI=1S/C23H21N5O3S/c1-14-8-9-19(31-2)18(10-14)25-20(29)11-16-13-32-23-26-21-17(22(30)27(16)23)12-24-28(21)15-6-4-3-5-7-15/h3-10,12,16H,11,13H2,1-2H3,(H,25,29). The van der Waals surface area contributed by atoms with Gasteiger partial charge >= 0.3 is 0 Å². The van der Waals surface area contributed by atoms with Crippen molar-refractivity contribution in [2.75, 3.05) is 18.2 Å². The van der Waals surface area contributed by atoms with Gasteiger partial charge < -0.3 is 10.1 Å². The van der Waals surface area contributed by atoms with Gasteiger partial charge in [-0.3, -0.25) is 14.2 Å². The van der Waals surface area contributed by atoms with E-state index in [0.29, 0.717) is 33.4 Å². The predicted molar refractivity (Wildman–Crippen MR) is 124 cm³/mol. The Hall–Kier alpha value is -3.59. The maximum atomic E-state index is 13.3. The van der Waals surface area contributed by atoms with Crippen LogP contribution >= 0.6 is 11.8 Å². The molecule has 1 amide bonds. The van der Waals surface area contributed by atoms with Crippen LogP contribution in [-0.2, 0) is 4.79 Å². The van der Waals surface area contributed by atoms with E-state index in [1.165, 1.54) is 11.8 Å². The van der Waals surface area contributed by atoms with Gasteiger partial charge in [0.05, 0.1) is 30.7 Å². The first-order valence-electron chi connectivity index (χ1n) is 10.2. The van der Waals surface area contributed by atoms with Crippen LogP contribution in [0.2, 0.25) is 0 Å². The molecule has 0 fully saturated rings. The molecule has 1 N–H and O–H groups in total. The monoisotopic (exact) mass is 447 g/mol. The Morgan fingerprint density at radius 3 is 2.84 bits per heavy atom. The summed E-state index contributed by atoms with van der Waals surface area (Å²) in [5.74, 6) is 1.02. The molecule has 2 aromatic carbocycles. The molecule has 8 nitrogen and oxygen atoms in total. The van der Waals surface area contributed by atoms with E-state index in [1.807, 2.05) is 55.5 Å². The number of hydrogen-bond acceptors (Lipinski definition) is 6. The molecule has 162 valence electrons. The third kappa shape index (κ3) is 3.54. The molecule has 1 unspecified atom stereocenters. The molecule has 0 aliphatic carbocycles. The predicted octanol–water partition coefficient (Wildman–Crippen LogP) is 3.57. The van der Waals surface area contributed by atoms with Gasteiger partial charge in [-0.1, -0.05) is 36.0 Å². The number of methoxy groups -OCH3 is 1. The minimum atomic E-state index is -0.282. The van der Waals surface area contributed by atoms with Gasteiger partial charge in [-0.05, 0) is 36.8 Å². The normalized spacial score (nSPS) is 15.0. The number of carbonyl (C=O) groups excluding carboxylic acids is 1. The summed E-state index contributed by atoms with van der Waals surface area (Å²) in [5, 5.41) is 8.33. The number of hydrogen-bond donors (Lipinski definition) is 1. The first-order valence-corrected chi connectivity index (χ1v) is 11.2. The maximum Gasteiger partial charge on any atom is 0.265 e.